The number of nitrogens with one attached hydrogen (secondary N) is 1. The van der Waals surface area contributed by atoms with Crippen molar-refractivity contribution in [2.45, 2.75) is 26.4 Å². The Morgan fingerprint density at radius 3 is 2.67 bits per heavy atom. The Morgan fingerprint density at radius 1 is 1.26 bits per heavy atom. The summed E-state index contributed by atoms with van der Waals surface area (Å²) in [4.78, 5) is 26.9. The number of ether oxygens (including phenoxy) is 2. The van der Waals surface area contributed by atoms with E-state index in [4.69, 9.17) is 9.47 Å². The molecule has 0 unspecified atom stereocenters. The summed E-state index contributed by atoms with van der Waals surface area (Å²) < 4.78 is 11.9. The maximum atomic E-state index is 12.7. The zero-order chi connectivity index (χ0) is 19.4. The van der Waals surface area contributed by atoms with Crippen molar-refractivity contribution < 1.29 is 14.3 Å². The van der Waals surface area contributed by atoms with Gasteiger partial charge in [-0.3, -0.25) is 14.2 Å². The minimum Gasteiger partial charge on any atom is -0.494 e. The van der Waals surface area contributed by atoms with Crippen molar-refractivity contribution in [3.05, 3.63) is 40.3 Å². The molecule has 1 aromatic carbocycles. The molecule has 9 nitrogen and oxygen atoms in total. The molecule has 3 rings (SSSR count). The lowest BCUT2D eigenvalue weighted by atomic mass is 10.3. The summed E-state index contributed by atoms with van der Waals surface area (Å²) in [6, 6.07) is 7.31. The van der Waals surface area contributed by atoms with Crippen molar-refractivity contribution >= 4 is 17.5 Å². The van der Waals surface area contributed by atoms with Crippen LogP contribution in [0.25, 0.3) is 0 Å². The number of carbonyl (C=O) groups excluding carboxylic acids is 1. The van der Waals surface area contributed by atoms with Crippen molar-refractivity contribution in [1.29, 1.82) is 0 Å². The van der Waals surface area contributed by atoms with E-state index in [1.165, 1.54) is 4.57 Å². The maximum absolute atomic E-state index is 12.7. The van der Waals surface area contributed by atoms with Crippen LogP contribution in [-0.2, 0) is 11.3 Å². The molecule has 1 atom stereocenters. The van der Waals surface area contributed by atoms with E-state index in [9.17, 15) is 9.59 Å². The van der Waals surface area contributed by atoms with E-state index in [0.29, 0.717) is 32.3 Å². The van der Waals surface area contributed by atoms with E-state index in [1.807, 2.05) is 36.1 Å². The van der Waals surface area contributed by atoms with E-state index in [2.05, 4.69) is 15.5 Å². The molecule has 0 radical (unpaired) electrons. The lowest BCUT2D eigenvalue weighted by Gasteiger charge is -2.17. The van der Waals surface area contributed by atoms with Gasteiger partial charge in [0.05, 0.1) is 13.2 Å². The van der Waals surface area contributed by atoms with Crippen LogP contribution in [0.5, 0.6) is 5.75 Å². The summed E-state index contributed by atoms with van der Waals surface area (Å²) in [7, 11) is 1.54. The van der Waals surface area contributed by atoms with Gasteiger partial charge in [0, 0.05) is 31.9 Å². The van der Waals surface area contributed by atoms with Gasteiger partial charge < -0.3 is 19.7 Å². The van der Waals surface area contributed by atoms with Crippen LogP contribution in [0.1, 0.15) is 24.3 Å². The Morgan fingerprint density at radius 2 is 2.00 bits per heavy atom. The summed E-state index contributed by atoms with van der Waals surface area (Å²) in [5.74, 6) is 0.652. The van der Waals surface area contributed by atoms with E-state index in [1.54, 1.807) is 14.0 Å². The molecule has 1 aromatic heterocycles. The third kappa shape index (κ3) is 3.92. The highest BCUT2D eigenvalue weighted by molar-refractivity contribution is 5.92. The predicted molar refractivity (Wildman–Crippen MR) is 99.7 cm³/mol. The molecule has 0 spiro atoms. The SMILES string of the molecule is CCOc1ccc(N2CCn3c2nnc(C(=O)N[C@@H](C)COC)c3=O)cc1. The summed E-state index contributed by atoms with van der Waals surface area (Å²) in [6.45, 7) is 5.66. The molecule has 2 aromatic rings. The van der Waals surface area contributed by atoms with Gasteiger partial charge in [0.15, 0.2) is 0 Å². The first-order valence-electron chi connectivity index (χ1n) is 8.82. The molecule has 0 bridgehead atoms. The number of methoxy groups -OCH3 is 1. The Hall–Kier alpha value is -2.94. The van der Waals surface area contributed by atoms with Gasteiger partial charge in [-0.25, -0.2) is 0 Å². The maximum Gasteiger partial charge on any atom is 0.286 e. The molecule has 27 heavy (non-hydrogen) atoms. The van der Waals surface area contributed by atoms with Gasteiger partial charge >= 0.3 is 0 Å². The third-order valence-electron chi connectivity index (χ3n) is 4.19. The van der Waals surface area contributed by atoms with E-state index in [-0.39, 0.29) is 11.7 Å². The van der Waals surface area contributed by atoms with Crippen molar-refractivity contribution in [3.63, 3.8) is 0 Å². The molecule has 1 amide bonds. The number of hydrogen-bond acceptors (Lipinski definition) is 7. The number of nitrogens with zero attached hydrogens (tertiary/aromatic N) is 4. The van der Waals surface area contributed by atoms with Crippen LogP contribution >= 0.6 is 0 Å². The molecule has 9 heteroatoms. The minimum absolute atomic E-state index is 0.213. The first-order chi connectivity index (χ1) is 13.0. The topological polar surface area (TPSA) is 98.6 Å². The highest BCUT2D eigenvalue weighted by Crippen LogP contribution is 2.28. The Kier molecular flexibility index (Phi) is 5.70. The molecular weight excluding hydrogens is 350 g/mol. The number of rotatable bonds is 7. The van der Waals surface area contributed by atoms with Crippen molar-refractivity contribution in [3.8, 4) is 5.75 Å². The van der Waals surface area contributed by atoms with Gasteiger partial charge in [-0.15, -0.1) is 10.2 Å². The van der Waals surface area contributed by atoms with Crippen LogP contribution in [0.2, 0.25) is 0 Å². The first-order valence-corrected chi connectivity index (χ1v) is 8.82. The Bertz CT molecular complexity index is 865. The number of carbonyl (C=O) groups is 1. The largest absolute Gasteiger partial charge is 0.494 e. The monoisotopic (exact) mass is 373 g/mol. The van der Waals surface area contributed by atoms with Crippen LogP contribution in [0.15, 0.2) is 29.1 Å². The Balaban J connectivity index is 1.83. The van der Waals surface area contributed by atoms with Crippen LogP contribution < -0.4 is 20.5 Å². The van der Waals surface area contributed by atoms with Crippen LogP contribution in [0.3, 0.4) is 0 Å². The standard InChI is InChI=1S/C18H23N5O4/c1-4-27-14-7-5-13(6-8-14)22-9-10-23-17(25)15(20-21-18(22)23)16(24)19-12(2)11-26-3/h5-8,12H,4,9-11H2,1-3H3,(H,19,24)/t12-/m0/s1. The fourth-order valence-electron chi connectivity index (χ4n) is 2.97. The van der Waals surface area contributed by atoms with Crippen LogP contribution in [0, 0.1) is 0 Å². The lowest BCUT2D eigenvalue weighted by Crippen LogP contribution is -2.40. The zero-order valence-corrected chi connectivity index (χ0v) is 15.6. The third-order valence-corrected chi connectivity index (χ3v) is 4.19. The highest BCUT2D eigenvalue weighted by Gasteiger charge is 2.27. The first kappa shape index (κ1) is 18.8. The van der Waals surface area contributed by atoms with Gasteiger partial charge in [0.25, 0.3) is 11.5 Å². The second kappa shape index (κ2) is 8.17. The normalized spacial score (nSPS) is 14.0. The minimum atomic E-state index is -0.549. The van der Waals surface area contributed by atoms with Gasteiger partial charge in [-0.05, 0) is 38.1 Å². The highest BCUT2D eigenvalue weighted by atomic mass is 16.5. The number of aromatic nitrogens is 3. The number of hydrogen-bond donors (Lipinski definition) is 1. The fourth-order valence-corrected chi connectivity index (χ4v) is 2.97. The van der Waals surface area contributed by atoms with Gasteiger partial charge in [0.1, 0.15) is 5.75 Å². The van der Waals surface area contributed by atoms with Crippen molar-refractivity contribution in [2.75, 3.05) is 31.8 Å². The van der Waals surface area contributed by atoms with Crippen LogP contribution in [-0.4, -0.2) is 53.6 Å². The molecule has 0 saturated carbocycles. The van der Waals surface area contributed by atoms with E-state index >= 15 is 0 Å². The quantitative estimate of drug-likeness (QED) is 0.771. The average molecular weight is 373 g/mol. The molecule has 0 saturated heterocycles. The number of amides is 1. The predicted octanol–water partition coefficient (Wildman–Crippen LogP) is 0.953. The summed E-state index contributed by atoms with van der Waals surface area (Å²) in [5.41, 5.74) is 0.218. The van der Waals surface area contributed by atoms with Gasteiger partial charge in [-0.1, -0.05) is 0 Å². The smallest absolute Gasteiger partial charge is 0.286 e. The Labute approximate surface area is 156 Å². The van der Waals surface area contributed by atoms with Gasteiger partial charge in [0.2, 0.25) is 11.6 Å². The molecule has 2 heterocycles. The summed E-state index contributed by atoms with van der Waals surface area (Å²) in [6.07, 6.45) is 0. The molecule has 1 N–H and O–H groups in total. The molecular formula is C18H23N5O4. The molecule has 0 aliphatic carbocycles. The average Bonchev–Trinajstić information content (AvgIpc) is 3.08. The number of anilines is 2. The fraction of sp³-hybridized carbons (Fsp3) is 0.444. The zero-order valence-electron chi connectivity index (χ0n) is 15.6. The van der Waals surface area contributed by atoms with Crippen molar-refractivity contribution in [2.24, 2.45) is 0 Å². The van der Waals surface area contributed by atoms with Crippen molar-refractivity contribution in [1.82, 2.24) is 20.1 Å². The van der Waals surface area contributed by atoms with E-state index in [0.717, 1.165) is 11.4 Å². The number of benzene rings is 1. The second-order valence-corrected chi connectivity index (χ2v) is 6.21. The molecule has 1 aliphatic heterocycles. The van der Waals surface area contributed by atoms with Gasteiger partial charge in [-0.2, -0.15) is 0 Å². The molecule has 1 aliphatic rings. The summed E-state index contributed by atoms with van der Waals surface area (Å²) in [5, 5.41) is 10.7. The lowest BCUT2D eigenvalue weighted by molar-refractivity contribution is 0.0897. The molecule has 144 valence electrons. The second-order valence-electron chi connectivity index (χ2n) is 6.21. The number of fused-ring (bicyclic) bond motifs is 1. The van der Waals surface area contributed by atoms with E-state index < -0.39 is 11.5 Å². The van der Waals surface area contributed by atoms with Crippen LogP contribution in [0.4, 0.5) is 11.6 Å². The summed E-state index contributed by atoms with van der Waals surface area (Å²) >= 11 is 0. The molecule has 0 fully saturated rings.